The lowest BCUT2D eigenvalue weighted by Gasteiger charge is -2.13. The molecule has 4 N–H and O–H groups in total. The van der Waals surface area contributed by atoms with Gasteiger partial charge in [0.1, 0.15) is 11.6 Å². The van der Waals surface area contributed by atoms with Crippen LogP contribution in [0.3, 0.4) is 0 Å². The van der Waals surface area contributed by atoms with Gasteiger partial charge in [0.2, 0.25) is 0 Å². The molecular weight excluding hydrogens is 432 g/mol. The van der Waals surface area contributed by atoms with Gasteiger partial charge in [-0.15, -0.1) is 12.4 Å². The van der Waals surface area contributed by atoms with Crippen molar-refractivity contribution < 1.29 is 13.6 Å². The number of carbonyl (C=O) groups is 1. The first-order chi connectivity index (χ1) is 15.0. The van der Waals surface area contributed by atoms with Crippen molar-refractivity contribution in [2.24, 2.45) is 11.7 Å². The lowest BCUT2D eigenvalue weighted by molar-refractivity contribution is 0.0948. The summed E-state index contributed by atoms with van der Waals surface area (Å²) in [6.45, 7) is 1.98. The molecule has 0 aromatic heterocycles. The molecule has 0 spiro atoms. The molecule has 3 aromatic rings. The average Bonchev–Trinajstić information content (AvgIpc) is 3.26. The van der Waals surface area contributed by atoms with E-state index in [2.05, 4.69) is 10.6 Å². The van der Waals surface area contributed by atoms with Crippen LogP contribution >= 0.6 is 12.4 Å². The maximum absolute atomic E-state index is 13.4. The summed E-state index contributed by atoms with van der Waals surface area (Å²) in [5.41, 5.74) is 9.38. The number of carbonyl (C=O) groups excluding carboxylic acids is 1. The first kappa shape index (κ1) is 23.9. The van der Waals surface area contributed by atoms with Crippen LogP contribution in [0.4, 0.5) is 8.78 Å². The third kappa shape index (κ3) is 5.71. The number of hydrogen-bond donors (Lipinski definition) is 3. The van der Waals surface area contributed by atoms with E-state index in [9.17, 15) is 13.6 Å². The Labute approximate surface area is 192 Å². The van der Waals surface area contributed by atoms with Gasteiger partial charge < -0.3 is 16.4 Å². The predicted molar refractivity (Wildman–Crippen MR) is 126 cm³/mol. The predicted octanol–water partition coefficient (Wildman–Crippen LogP) is 4.39. The molecule has 7 heteroatoms. The quantitative estimate of drug-likeness (QED) is 0.514. The lowest BCUT2D eigenvalue weighted by atomic mass is 9.95. The minimum Gasteiger partial charge on any atom is -0.352 e. The summed E-state index contributed by atoms with van der Waals surface area (Å²) < 4.78 is 26.8. The van der Waals surface area contributed by atoms with Crippen LogP contribution in [0.25, 0.3) is 22.3 Å². The number of nitrogens with two attached hydrogens (primary N) is 1. The van der Waals surface area contributed by atoms with Gasteiger partial charge in [-0.1, -0.05) is 24.3 Å². The Morgan fingerprint density at radius 3 is 1.91 bits per heavy atom. The highest BCUT2D eigenvalue weighted by molar-refractivity contribution is 5.97. The molecule has 4 nitrogen and oxygen atoms in total. The van der Waals surface area contributed by atoms with Crippen molar-refractivity contribution in [1.29, 1.82) is 0 Å². The highest BCUT2D eigenvalue weighted by Gasteiger charge is 2.23. The first-order valence-corrected chi connectivity index (χ1v) is 10.4. The molecular formula is C25H26ClF2N3O. The zero-order valence-corrected chi connectivity index (χ0v) is 18.3. The van der Waals surface area contributed by atoms with E-state index in [1.807, 2.05) is 6.07 Å². The number of hydrogen-bond acceptors (Lipinski definition) is 3. The second kappa shape index (κ2) is 10.7. The summed E-state index contributed by atoms with van der Waals surface area (Å²) in [7, 11) is 0. The third-order valence-corrected chi connectivity index (χ3v) is 5.70. The Kier molecular flexibility index (Phi) is 7.96. The number of benzene rings is 3. The molecule has 0 bridgehead atoms. The summed E-state index contributed by atoms with van der Waals surface area (Å²) in [5.74, 6) is -0.479. The molecule has 1 saturated heterocycles. The van der Waals surface area contributed by atoms with E-state index in [0.717, 1.165) is 35.2 Å². The molecule has 168 valence electrons. The zero-order valence-electron chi connectivity index (χ0n) is 17.5. The summed E-state index contributed by atoms with van der Waals surface area (Å²) in [5, 5.41) is 6.37. The van der Waals surface area contributed by atoms with Crippen LogP contribution in [-0.4, -0.2) is 31.6 Å². The highest BCUT2D eigenvalue weighted by atomic mass is 35.5. The van der Waals surface area contributed by atoms with Crippen molar-refractivity contribution in [1.82, 2.24) is 10.6 Å². The van der Waals surface area contributed by atoms with Crippen LogP contribution in [0, 0.1) is 17.6 Å². The van der Waals surface area contributed by atoms with Crippen LogP contribution in [-0.2, 0) is 0 Å². The molecule has 0 unspecified atom stereocenters. The molecule has 1 heterocycles. The van der Waals surface area contributed by atoms with Gasteiger partial charge in [-0.05, 0) is 77.1 Å². The van der Waals surface area contributed by atoms with Gasteiger partial charge in [0.05, 0.1) is 0 Å². The SMILES string of the molecule is Cl.NC[C@H]1C[C@@H](CNC(=O)c2cc(-c3ccc(F)cc3)cc(-c3ccc(F)cc3)c2)CN1. The van der Waals surface area contributed by atoms with Crippen molar-refractivity contribution in [2.45, 2.75) is 12.5 Å². The molecule has 1 aliphatic heterocycles. The van der Waals surface area contributed by atoms with Crippen molar-refractivity contribution in [3.8, 4) is 22.3 Å². The Morgan fingerprint density at radius 2 is 1.44 bits per heavy atom. The molecule has 32 heavy (non-hydrogen) atoms. The Bertz CT molecular complexity index is 994. The molecule has 0 saturated carbocycles. The molecule has 1 fully saturated rings. The normalized spacial score (nSPS) is 17.6. The van der Waals surface area contributed by atoms with Crippen LogP contribution < -0.4 is 16.4 Å². The fourth-order valence-corrected chi connectivity index (χ4v) is 3.95. The molecule has 1 amide bonds. The van der Waals surface area contributed by atoms with Crippen molar-refractivity contribution >= 4 is 18.3 Å². The van der Waals surface area contributed by atoms with Crippen molar-refractivity contribution in [3.63, 3.8) is 0 Å². The number of amides is 1. The summed E-state index contributed by atoms with van der Waals surface area (Å²) in [6, 6.07) is 18.1. The monoisotopic (exact) mass is 457 g/mol. The van der Waals surface area contributed by atoms with Gasteiger partial charge in [0.15, 0.2) is 0 Å². The average molecular weight is 458 g/mol. The first-order valence-electron chi connectivity index (χ1n) is 10.4. The Hall–Kier alpha value is -2.80. The van der Waals surface area contributed by atoms with E-state index in [1.54, 1.807) is 36.4 Å². The van der Waals surface area contributed by atoms with Crippen molar-refractivity contribution in [2.75, 3.05) is 19.6 Å². The summed E-state index contributed by atoms with van der Waals surface area (Å²) >= 11 is 0. The lowest BCUT2D eigenvalue weighted by Crippen LogP contribution is -2.30. The fraction of sp³-hybridized carbons (Fsp3) is 0.240. The molecule has 2 atom stereocenters. The van der Waals surface area contributed by atoms with E-state index in [0.29, 0.717) is 30.6 Å². The minimum absolute atomic E-state index is 0. The largest absolute Gasteiger partial charge is 0.352 e. The Balaban J connectivity index is 0.00000289. The minimum atomic E-state index is -0.322. The fourth-order valence-electron chi connectivity index (χ4n) is 3.95. The second-order valence-electron chi connectivity index (χ2n) is 7.97. The third-order valence-electron chi connectivity index (χ3n) is 5.70. The van der Waals surface area contributed by atoms with Crippen LogP contribution in [0.5, 0.6) is 0 Å². The topological polar surface area (TPSA) is 67.1 Å². The zero-order chi connectivity index (χ0) is 21.8. The van der Waals surface area contributed by atoms with Gasteiger partial charge in [0, 0.05) is 31.2 Å². The van der Waals surface area contributed by atoms with Gasteiger partial charge >= 0.3 is 0 Å². The maximum atomic E-state index is 13.4. The molecule has 0 aliphatic carbocycles. The molecule has 3 aromatic carbocycles. The summed E-state index contributed by atoms with van der Waals surface area (Å²) in [6.07, 6.45) is 0.938. The van der Waals surface area contributed by atoms with Gasteiger partial charge in [-0.3, -0.25) is 4.79 Å². The van der Waals surface area contributed by atoms with Crippen LogP contribution in [0.1, 0.15) is 16.8 Å². The van der Waals surface area contributed by atoms with Gasteiger partial charge in [0.25, 0.3) is 5.91 Å². The van der Waals surface area contributed by atoms with Crippen LogP contribution in [0.15, 0.2) is 66.7 Å². The standard InChI is InChI=1S/C25H25F2N3O.ClH/c26-22-5-1-17(2-6-22)19-10-20(18-3-7-23(27)8-4-18)12-21(11-19)25(31)30-15-16-9-24(13-28)29-14-16;/h1-8,10-12,16,24,29H,9,13-15,28H2,(H,30,31);1H/t16-,24-;/m1./s1. The number of nitrogens with one attached hydrogen (secondary N) is 2. The molecule has 1 aliphatic rings. The molecule has 0 radical (unpaired) electrons. The van der Waals surface area contributed by atoms with E-state index in [-0.39, 0.29) is 29.9 Å². The Morgan fingerprint density at radius 1 is 0.906 bits per heavy atom. The highest BCUT2D eigenvalue weighted by Crippen LogP contribution is 2.29. The number of rotatable bonds is 6. The van der Waals surface area contributed by atoms with E-state index < -0.39 is 0 Å². The van der Waals surface area contributed by atoms with Crippen LogP contribution in [0.2, 0.25) is 0 Å². The smallest absolute Gasteiger partial charge is 0.251 e. The van der Waals surface area contributed by atoms with E-state index in [4.69, 9.17) is 5.73 Å². The van der Waals surface area contributed by atoms with Gasteiger partial charge in [-0.2, -0.15) is 0 Å². The molecule has 4 rings (SSSR count). The van der Waals surface area contributed by atoms with E-state index >= 15 is 0 Å². The summed E-state index contributed by atoms with van der Waals surface area (Å²) in [4.78, 5) is 13.0. The van der Waals surface area contributed by atoms with Crippen molar-refractivity contribution in [3.05, 3.63) is 83.9 Å². The number of halogens is 3. The second-order valence-corrected chi connectivity index (χ2v) is 7.97. The maximum Gasteiger partial charge on any atom is 0.251 e. The van der Waals surface area contributed by atoms with E-state index in [1.165, 1.54) is 24.3 Å². The van der Waals surface area contributed by atoms with Gasteiger partial charge in [-0.25, -0.2) is 8.78 Å².